The van der Waals surface area contributed by atoms with Gasteiger partial charge in [0.05, 0.1) is 30.6 Å². The molecule has 37 heavy (non-hydrogen) atoms. The molecular formula is C26H28FN5O4S. The van der Waals surface area contributed by atoms with Crippen molar-refractivity contribution in [3.05, 3.63) is 47.5 Å². The smallest absolute Gasteiger partial charge is 0.263 e. The van der Waals surface area contributed by atoms with Crippen molar-refractivity contribution in [1.29, 1.82) is 0 Å². The Labute approximate surface area is 217 Å². The third-order valence-corrected chi connectivity index (χ3v) is 9.62. The van der Waals surface area contributed by atoms with E-state index in [-0.39, 0.29) is 28.4 Å². The fraction of sp³-hybridized carbons (Fsp3) is 0.462. The number of aromatic nitrogens is 3. The third-order valence-electron chi connectivity index (χ3n) is 7.74. The van der Waals surface area contributed by atoms with Crippen molar-refractivity contribution in [3.63, 3.8) is 0 Å². The van der Waals surface area contributed by atoms with Gasteiger partial charge in [0.25, 0.3) is 5.91 Å². The van der Waals surface area contributed by atoms with E-state index < -0.39 is 11.9 Å². The van der Waals surface area contributed by atoms with Crippen LogP contribution in [0.2, 0.25) is 0 Å². The van der Waals surface area contributed by atoms with Gasteiger partial charge in [0, 0.05) is 34.2 Å². The summed E-state index contributed by atoms with van der Waals surface area (Å²) in [5.74, 6) is 1.55. The number of hydrogen-bond acceptors (Lipinski definition) is 9. The van der Waals surface area contributed by atoms with Crippen molar-refractivity contribution in [2.75, 3.05) is 24.8 Å². The fourth-order valence-electron chi connectivity index (χ4n) is 5.57. The highest BCUT2D eigenvalue weighted by molar-refractivity contribution is 8.00. The van der Waals surface area contributed by atoms with Gasteiger partial charge in [0.15, 0.2) is 18.2 Å². The second-order valence-electron chi connectivity index (χ2n) is 10.1. The number of anilines is 1. The normalized spacial score (nSPS) is 25.3. The van der Waals surface area contributed by atoms with Gasteiger partial charge in [0.2, 0.25) is 5.88 Å². The van der Waals surface area contributed by atoms with E-state index in [1.807, 2.05) is 23.9 Å². The summed E-state index contributed by atoms with van der Waals surface area (Å²) in [6.45, 7) is 0.596. The first-order chi connectivity index (χ1) is 17.9. The van der Waals surface area contributed by atoms with Gasteiger partial charge < -0.3 is 25.2 Å². The van der Waals surface area contributed by atoms with E-state index in [0.29, 0.717) is 41.4 Å². The van der Waals surface area contributed by atoms with Gasteiger partial charge in [-0.05, 0) is 50.3 Å². The number of halogens is 1. The molecule has 2 bridgehead atoms. The number of fused-ring (bicyclic) bond motifs is 5. The van der Waals surface area contributed by atoms with Crippen LogP contribution in [-0.2, 0) is 11.3 Å². The Morgan fingerprint density at radius 1 is 1.24 bits per heavy atom. The molecule has 1 saturated carbocycles. The lowest BCUT2D eigenvalue weighted by Gasteiger charge is -2.54. The average Bonchev–Trinajstić information content (AvgIpc) is 2.92. The number of hydrogen-bond donors (Lipinski definition) is 3. The van der Waals surface area contributed by atoms with Crippen LogP contribution in [0.15, 0.2) is 30.5 Å². The van der Waals surface area contributed by atoms with Gasteiger partial charge in [-0.3, -0.25) is 9.78 Å². The first kappa shape index (κ1) is 24.3. The molecule has 1 amide bonds. The van der Waals surface area contributed by atoms with E-state index in [0.717, 1.165) is 43.3 Å². The van der Waals surface area contributed by atoms with E-state index in [1.54, 1.807) is 12.1 Å². The molecule has 0 aromatic carbocycles. The van der Waals surface area contributed by atoms with Gasteiger partial charge in [-0.2, -0.15) is 11.8 Å². The van der Waals surface area contributed by atoms with E-state index in [2.05, 4.69) is 25.6 Å². The van der Waals surface area contributed by atoms with Crippen LogP contribution in [0.5, 0.6) is 11.6 Å². The number of thioether (sulfide) groups is 1. The van der Waals surface area contributed by atoms with Crippen molar-refractivity contribution >= 4 is 34.5 Å². The summed E-state index contributed by atoms with van der Waals surface area (Å²) >= 11 is 1.86. The maximum absolute atomic E-state index is 14.9. The summed E-state index contributed by atoms with van der Waals surface area (Å²) in [5.41, 5.74) is 1.88. The minimum atomic E-state index is -0.992. The zero-order valence-electron chi connectivity index (χ0n) is 20.4. The molecule has 0 spiro atoms. The molecule has 1 unspecified atom stereocenters. The number of carbonyl (C=O) groups excluding carboxylic acids is 1. The van der Waals surface area contributed by atoms with Gasteiger partial charge in [-0.1, -0.05) is 0 Å². The number of rotatable bonds is 7. The Hall–Kier alpha value is -3.02. The summed E-state index contributed by atoms with van der Waals surface area (Å²) in [4.78, 5) is 24.7. The van der Waals surface area contributed by atoms with Crippen molar-refractivity contribution in [2.24, 2.45) is 0 Å². The number of carbonyl (C=O) groups is 1. The first-order valence-corrected chi connectivity index (χ1v) is 13.4. The molecule has 3 N–H and O–H groups in total. The molecule has 7 rings (SSSR count). The second kappa shape index (κ2) is 9.38. The quantitative estimate of drug-likeness (QED) is 0.426. The van der Waals surface area contributed by atoms with Gasteiger partial charge in [-0.25, -0.2) is 14.4 Å². The molecule has 3 aliphatic heterocycles. The highest BCUT2D eigenvalue weighted by Crippen LogP contribution is 2.55. The minimum absolute atomic E-state index is 0.0117. The molecule has 0 radical (unpaired) electrons. The Morgan fingerprint density at radius 3 is 2.84 bits per heavy atom. The van der Waals surface area contributed by atoms with Crippen molar-refractivity contribution in [3.8, 4) is 11.6 Å². The number of amides is 1. The number of nitrogens with zero attached hydrogens (tertiary/aromatic N) is 3. The summed E-state index contributed by atoms with van der Waals surface area (Å²) < 4.78 is 25.4. The molecule has 3 fully saturated rings. The molecule has 6 heterocycles. The number of ether oxygens (including phenoxy) is 2. The lowest BCUT2D eigenvalue weighted by Crippen LogP contribution is -2.57. The Bertz CT molecular complexity index is 1350. The zero-order chi connectivity index (χ0) is 25.6. The van der Waals surface area contributed by atoms with Crippen LogP contribution in [0.4, 0.5) is 10.2 Å². The molecule has 1 atom stereocenters. The highest BCUT2D eigenvalue weighted by atomic mass is 32.2. The molecule has 194 valence electrons. The number of aliphatic hydroxyl groups is 1. The molecule has 4 aliphatic rings. The summed E-state index contributed by atoms with van der Waals surface area (Å²) in [5, 5.41) is 17.7. The third kappa shape index (κ3) is 4.60. The van der Waals surface area contributed by atoms with Crippen LogP contribution in [0.25, 0.3) is 11.0 Å². The molecular weight excluding hydrogens is 497 g/mol. The molecule has 3 aromatic heterocycles. The fourth-order valence-corrected chi connectivity index (χ4v) is 7.31. The number of aliphatic hydroxyl groups excluding tert-OH is 1. The summed E-state index contributed by atoms with van der Waals surface area (Å²) in [7, 11) is 1.50. The predicted molar refractivity (Wildman–Crippen MR) is 137 cm³/mol. The molecule has 3 aromatic rings. The largest absolute Gasteiger partial charge is 0.481 e. The van der Waals surface area contributed by atoms with Crippen LogP contribution in [0, 0.1) is 5.82 Å². The Morgan fingerprint density at radius 2 is 2.08 bits per heavy atom. The van der Waals surface area contributed by atoms with E-state index in [9.17, 15) is 14.3 Å². The van der Waals surface area contributed by atoms with Crippen LogP contribution in [0.1, 0.15) is 49.5 Å². The predicted octanol–water partition coefficient (Wildman–Crippen LogP) is 3.52. The lowest BCUT2D eigenvalue weighted by atomic mass is 9.73. The van der Waals surface area contributed by atoms with Crippen molar-refractivity contribution in [1.82, 2.24) is 20.3 Å². The van der Waals surface area contributed by atoms with Gasteiger partial charge in [-0.15, -0.1) is 0 Å². The SMILES string of the molecule is COc1ccc2ncc(F)c(C(O)CC34CCC(NCc5ccc6c(n5)NC(=O)CO6)(CC3)CS4)c2n1. The number of nitrogens with one attached hydrogen (secondary N) is 2. The molecule has 2 saturated heterocycles. The lowest BCUT2D eigenvalue weighted by molar-refractivity contribution is -0.118. The maximum Gasteiger partial charge on any atom is 0.263 e. The highest BCUT2D eigenvalue weighted by Gasteiger charge is 2.50. The van der Waals surface area contributed by atoms with Crippen LogP contribution < -0.4 is 20.1 Å². The molecule has 1 aliphatic carbocycles. The minimum Gasteiger partial charge on any atom is -0.481 e. The van der Waals surface area contributed by atoms with Crippen LogP contribution >= 0.6 is 11.8 Å². The van der Waals surface area contributed by atoms with E-state index in [4.69, 9.17) is 9.47 Å². The van der Waals surface area contributed by atoms with Gasteiger partial charge in [0.1, 0.15) is 11.3 Å². The van der Waals surface area contributed by atoms with Crippen LogP contribution in [-0.4, -0.2) is 55.7 Å². The van der Waals surface area contributed by atoms with Crippen molar-refractivity contribution in [2.45, 2.75) is 55.0 Å². The summed E-state index contributed by atoms with van der Waals surface area (Å²) in [6.07, 6.45) is 4.38. The summed E-state index contributed by atoms with van der Waals surface area (Å²) in [6, 6.07) is 7.15. The van der Waals surface area contributed by atoms with Crippen molar-refractivity contribution < 1.29 is 23.8 Å². The van der Waals surface area contributed by atoms with E-state index >= 15 is 0 Å². The van der Waals surface area contributed by atoms with Gasteiger partial charge >= 0.3 is 0 Å². The van der Waals surface area contributed by atoms with Crippen LogP contribution in [0.3, 0.4) is 0 Å². The Balaban J connectivity index is 1.13. The first-order valence-electron chi connectivity index (χ1n) is 12.4. The zero-order valence-corrected chi connectivity index (χ0v) is 21.2. The second-order valence-corrected chi connectivity index (χ2v) is 11.5. The molecule has 11 heteroatoms. The standard InChI is InChI=1S/C26H28FN5O4S/c1-35-21-5-3-17-23(32-21)22(16(27)12-28-17)18(33)10-26-8-6-25(7-9-26,14-37-26)29-11-15-2-4-19-24(30-15)31-20(34)13-36-19/h2-5,12,18,29,33H,6-11,13-14H2,1H3,(H,30,31,34). The average molecular weight is 526 g/mol. The monoisotopic (exact) mass is 525 g/mol. The maximum atomic E-state index is 14.9. The number of methoxy groups -OCH3 is 1. The van der Waals surface area contributed by atoms with E-state index in [1.165, 1.54) is 7.11 Å². The molecule has 9 nitrogen and oxygen atoms in total. The topological polar surface area (TPSA) is 118 Å². The Kier molecular flexibility index (Phi) is 6.16. The number of pyridine rings is 3.